The number of aryl methyl sites for hydroxylation is 1. The normalized spacial score (nSPS) is 21.1. The summed E-state index contributed by atoms with van der Waals surface area (Å²) in [7, 11) is -1.78. The monoisotopic (exact) mass is 296 g/mol. The molecule has 8 heteroatoms. The van der Waals surface area contributed by atoms with Crippen LogP contribution in [0.25, 0.3) is 0 Å². The predicted octanol–water partition coefficient (Wildman–Crippen LogP) is 0.976. The van der Waals surface area contributed by atoms with Crippen molar-refractivity contribution < 1.29 is 12.8 Å². The largest absolute Gasteiger partial charge is 0.448 e. The molecule has 1 unspecified atom stereocenters. The van der Waals surface area contributed by atoms with E-state index in [1.165, 1.54) is 23.2 Å². The topological polar surface area (TPSA) is 81.2 Å². The van der Waals surface area contributed by atoms with E-state index in [0.29, 0.717) is 13.1 Å². The first-order valence-electron chi connectivity index (χ1n) is 6.44. The molecule has 1 atom stereocenters. The Bertz CT molecular complexity index is 677. The fourth-order valence-electron chi connectivity index (χ4n) is 2.47. The highest BCUT2D eigenvalue weighted by Gasteiger charge is 2.33. The first-order valence-corrected chi connectivity index (χ1v) is 7.88. The number of aromatic nitrogens is 3. The summed E-state index contributed by atoms with van der Waals surface area (Å²) in [6.45, 7) is 0.928. The second-order valence-corrected chi connectivity index (χ2v) is 6.87. The zero-order chi connectivity index (χ0) is 14.2. The van der Waals surface area contributed by atoms with Gasteiger partial charge in [0.25, 0.3) is 10.0 Å². The van der Waals surface area contributed by atoms with Crippen molar-refractivity contribution in [1.29, 1.82) is 0 Å². The number of oxazole rings is 1. The first-order chi connectivity index (χ1) is 9.57. The molecule has 1 aliphatic rings. The van der Waals surface area contributed by atoms with Gasteiger partial charge in [-0.15, -0.1) is 0 Å². The van der Waals surface area contributed by atoms with Crippen molar-refractivity contribution in [2.75, 3.05) is 13.1 Å². The number of sulfonamides is 1. The number of hydrogen-bond acceptors (Lipinski definition) is 5. The fourth-order valence-corrected chi connectivity index (χ4v) is 3.96. The van der Waals surface area contributed by atoms with Gasteiger partial charge < -0.3 is 8.98 Å². The van der Waals surface area contributed by atoms with Crippen molar-refractivity contribution >= 4 is 10.0 Å². The summed E-state index contributed by atoms with van der Waals surface area (Å²) in [5.74, 6) is 0.802. The third-order valence-electron chi connectivity index (χ3n) is 3.52. The molecule has 7 nitrogen and oxygen atoms in total. The average Bonchev–Trinajstić information content (AvgIpc) is 3.10. The lowest BCUT2D eigenvalue weighted by Gasteiger charge is -2.30. The van der Waals surface area contributed by atoms with Gasteiger partial charge in [-0.2, -0.15) is 4.31 Å². The summed E-state index contributed by atoms with van der Waals surface area (Å²) in [4.78, 5) is 7.84. The van der Waals surface area contributed by atoms with E-state index in [0.717, 1.165) is 18.6 Å². The average molecular weight is 296 g/mol. The van der Waals surface area contributed by atoms with Crippen LogP contribution >= 0.6 is 0 Å². The van der Waals surface area contributed by atoms with Crippen molar-refractivity contribution in [2.45, 2.75) is 23.8 Å². The van der Waals surface area contributed by atoms with E-state index in [1.807, 2.05) is 0 Å². The standard InChI is InChI=1S/C12H16N4O3S/c1-15-7-12(14-8-15)20(17,18)16-4-2-3-10(6-16)11-5-13-9-19-11/h5,7-10H,2-4,6H2,1H3. The zero-order valence-corrected chi connectivity index (χ0v) is 12.0. The molecule has 0 N–H and O–H groups in total. The maximum atomic E-state index is 12.5. The number of piperidine rings is 1. The molecule has 20 heavy (non-hydrogen) atoms. The smallest absolute Gasteiger partial charge is 0.262 e. The molecule has 3 heterocycles. The Balaban J connectivity index is 1.83. The molecule has 3 rings (SSSR count). The van der Waals surface area contributed by atoms with E-state index in [2.05, 4.69) is 9.97 Å². The minimum absolute atomic E-state index is 0.0599. The van der Waals surface area contributed by atoms with Crippen molar-refractivity contribution in [3.05, 3.63) is 30.9 Å². The Morgan fingerprint density at radius 2 is 2.30 bits per heavy atom. The van der Waals surface area contributed by atoms with Crippen molar-refractivity contribution in [2.24, 2.45) is 7.05 Å². The molecule has 0 saturated carbocycles. The molecule has 0 aromatic carbocycles. The summed E-state index contributed by atoms with van der Waals surface area (Å²) in [6.07, 6.45) is 7.75. The Morgan fingerprint density at radius 1 is 1.45 bits per heavy atom. The zero-order valence-electron chi connectivity index (χ0n) is 11.1. The minimum atomic E-state index is -3.53. The molecule has 0 spiro atoms. The Kier molecular flexibility index (Phi) is 3.35. The summed E-state index contributed by atoms with van der Waals surface area (Å²) in [5, 5.41) is 0.0956. The van der Waals surface area contributed by atoms with E-state index in [9.17, 15) is 8.42 Å². The summed E-state index contributed by atoms with van der Waals surface area (Å²) >= 11 is 0. The fraction of sp³-hybridized carbons (Fsp3) is 0.500. The minimum Gasteiger partial charge on any atom is -0.448 e. The van der Waals surface area contributed by atoms with Crippen LogP contribution in [0, 0.1) is 0 Å². The Morgan fingerprint density at radius 3 is 2.95 bits per heavy atom. The SMILES string of the molecule is Cn1cnc(S(=O)(=O)N2CCCC(c3cnco3)C2)c1. The van der Waals surface area contributed by atoms with Crippen LogP contribution in [0.3, 0.4) is 0 Å². The van der Waals surface area contributed by atoms with E-state index >= 15 is 0 Å². The molecule has 0 aliphatic carbocycles. The predicted molar refractivity (Wildman–Crippen MR) is 70.4 cm³/mol. The number of hydrogen-bond donors (Lipinski definition) is 0. The molecule has 0 bridgehead atoms. The lowest BCUT2D eigenvalue weighted by Crippen LogP contribution is -2.39. The van der Waals surface area contributed by atoms with E-state index in [1.54, 1.807) is 17.8 Å². The van der Waals surface area contributed by atoms with Crippen LogP contribution in [-0.4, -0.2) is 40.3 Å². The van der Waals surface area contributed by atoms with Crippen LogP contribution in [-0.2, 0) is 17.1 Å². The van der Waals surface area contributed by atoms with Crippen LogP contribution in [0.1, 0.15) is 24.5 Å². The Labute approximate surface area is 117 Å². The van der Waals surface area contributed by atoms with Crippen molar-refractivity contribution in [3.8, 4) is 0 Å². The van der Waals surface area contributed by atoms with Gasteiger partial charge in [-0.3, -0.25) is 0 Å². The van der Waals surface area contributed by atoms with Crippen LogP contribution in [0.4, 0.5) is 0 Å². The molecule has 2 aromatic heterocycles. The molecule has 108 valence electrons. The quantitative estimate of drug-likeness (QED) is 0.843. The highest BCUT2D eigenvalue weighted by Crippen LogP contribution is 2.29. The van der Waals surface area contributed by atoms with Crippen molar-refractivity contribution in [1.82, 2.24) is 18.8 Å². The lowest BCUT2D eigenvalue weighted by atomic mass is 9.98. The Hall–Kier alpha value is -1.67. The van der Waals surface area contributed by atoms with Gasteiger partial charge in [-0.1, -0.05) is 0 Å². The molecule has 0 radical (unpaired) electrons. The van der Waals surface area contributed by atoms with E-state index < -0.39 is 10.0 Å². The van der Waals surface area contributed by atoms with E-state index in [4.69, 9.17) is 4.42 Å². The maximum absolute atomic E-state index is 12.5. The molecular weight excluding hydrogens is 280 g/mol. The third kappa shape index (κ3) is 2.36. The third-order valence-corrected chi connectivity index (χ3v) is 5.27. The molecule has 1 saturated heterocycles. The second kappa shape index (κ2) is 5.02. The maximum Gasteiger partial charge on any atom is 0.262 e. The summed E-state index contributed by atoms with van der Waals surface area (Å²) in [5.41, 5.74) is 0. The number of rotatable bonds is 3. The van der Waals surface area contributed by atoms with Gasteiger partial charge in [-0.05, 0) is 12.8 Å². The second-order valence-electron chi connectivity index (χ2n) is 4.98. The summed E-state index contributed by atoms with van der Waals surface area (Å²) < 4.78 is 33.4. The van der Waals surface area contributed by atoms with Crippen LogP contribution in [0.5, 0.6) is 0 Å². The highest BCUT2D eigenvalue weighted by atomic mass is 32.2. The molecule has 1 aliphatic heterocycles. The van der Waals surface area contributed by atoms with Gasteiger partial charge >= 0.3 is 0 Å². The van der Waals surface area contributed by atoms with Crippen LogP contribution < -0.4 is 0 Å². The molecular formula is C12H16N4O3S. The van der Waals surface area contributed by atoms with Gasteiger partial charge in [0.15, 0.2) is 11.4 Å². The molecule has 2 aromatic rings. The van der Waals surface area contributed by atoms with Gasteiger partial charge in [0.1, 0.15) is 5.76 Å². The van der Waals surface area contributed by atoms with Gasteiger partial charge in [-0.25, -0.2) is 18.4 Å². The van der Waals surface area contributed by atoms with Crippen LogP contribution in [0.15, 0.2) is 34.6 Å². The molecule has 0 amide bonds. The van der Waals surface area contributed by atoms with E-state index in [-0.39, 0.29) is 10.9 Å². The molecule has 1 fully saturated rings. The van der Waals surface area contributed by atoms with Crippen LogP contribution in [0.2, 0.25) is 0 Å². The summed E-state index contributed by atoms with van der Waals surface area (Å²) in [6, 6.07) is 0. The van der Waals surface area contributed by atoms with Gasteiger partial charge in [0.2, 0.25) is 0 Å². The van der Waals surface area contributed by atoms with Gasteiger partial charge in [0.05, 0.1) is 12.5 Å². The first kappa shape index (κ1) is 13.3. The number of nitrogens with zero attached hydrogens (tertiary/aromatic N) is 4. The van der Waals surface area contributed by atoms with Gasteiger partial charge in [0, 0.05) is 32.3 Å². The highest BCUT2D eigenvalue weighted by molar-refractivity contribution is 7.89. The lowest BCUT2D eigenvalue weighted by molar-refractivity contribution is 0.290. The van der Waals surface area contributed by atoms with Crippen molar-refractivity contribution in [3.63, 3.8) is 0 Å². The number of imidazole rings is 1.